The first kappa shape index (κ1) is 16.7. The van der Waals surface area contributed by atoms with E-state index in [2.05, 4.69) is 62.8 Å². The summed E-state index contributed by atoms with van der Waals surface area (Å²) in [6, 6.07) is 2.52. The molecule has 0 aliphatic carbocycles. The lowest BCUT2D eigenvalue weighted by Crippen LogP contribution is -2.35. The zero-order valence-corrected chi connectivity index (χ0v) is 13.9. The van der Waals surface area contributed by atoms with Crippen LogP contribution in [-0.2, 0) is 6.42 Å². The molecule has 1 rings (SSSR count). The van der Waals surface area contributed by atoms with Crippen molar-refractivity contribution in [2.75, 3.05) is 23.3 Å². The maximum atomic E-state index is 4.71. The first-order valence-corrected chi connectivity index (χ1v) is 7.86. The highest BCUT2D eigenvalue weighted by atomic mass is 15.2. The van der Waals surface area contributed by atoms with Gasteiger partial charge in [-0.25, -0.2) is 9.97 Å². The molecular weight excluding hydrogens is 248 g/mol. The van der Waals surface area contributed by atoms with E-state index in [4.69, 9.17) is 4.98 Å². The van der Waals surface area contributed by atoms with Crippen LogP contribution in [0.25, 0.3) is 0 Å². The van der Waals surface area contributed by atoms with E-state index in [0.717, 1.165) is 43.4 Å². The molecule has 0 saturated carbocycles. The van der Waals surface area contributed by atoms with Crippen LogP contribution >= 0.6 is 0 Å². The average molecular weight is 278 g/mol. The topological polar surface area (TPSA) is 41.0 Å². The summed E-state index contributed by atoms with van der Waals surface area (Å²) >= 11 is 0. The molecule has 0 aliphatic heterocycles. The van der Waals surface area contributed by atoms with Gasteiger partial charge in [-0.2, -0.15) is 0 Å². The third-order valence-electron chi connectivity index (χ3n) is 3.11. The van der Waals surface area contributed by atoms with E-state index in [-0.39, 0.29) is 0 Å². The molecule has 4 heteroatoms. The monoisotopic (exact) mass is 278 g/mol. The van der Waals surface area contributed by atoms with Gasteiger partial charge < -0.3 is 10.2 Å². The average Bonchev–Trinajstić information content (AvgIpc) is 2.41. The van der Waals surface area contributed by atoms with Crippen molar-refractivity contribution >= 4 is 11.6 Å². The number of anilines is 2. The van der Waals surface area contributed by atoms with Crippen LogP contribution in [0, 0.1) is 5.92 Å². The Morgan fingerprint density at radius 1 is 1.15 bits per heavy atom. The van der Waals surface area contributed by atoms with Crippen molar-refractivity contribution in [3.05, 3.63) is 11.9 Å². The molecule has 1 aromatic rings. The molecule has 1 aromatic heterocycles. The minimum absolute atomic E-state index is 0.441. The zero-order chi connectivity index (χ0) is 15.1. The third kappa shape index (κ3) is 4.99. The highest BCUT2D eigenvalue weighted by Crippen LogP contribution is 2.20. The molecule has 1 heterocycles. The fourth-order valence-electron chi connectivity index (χ4n) is 2.09. The maximum Gasteiger partial charge on any atom is 0.134 e. The predicted molar refractivity (Wildman–Crippen MR) is 87.5 cm³/mol. The lowest BCUT2D eigenvalue weighted by molar-refractivity contribution is 0.564. The molecule has 0 aliphatic rings. The van der Waals surface area contributed by atoms with Gasteiger partial charge in [0.05, 0.1) is 0 Å². The number of nitrogens with zero attached hydrogens (tertiary/aromatic N) is 3. The maximum absolute atomic E-state index is 4.71. The second kappa shape index (κ2) is 8.08. The van der Waals surface area contributed by atoms with Gasteiger partial charge in [0.15, 0.2) is 0 Å². The summed E-state index contributed by atoms with van der Waals surface area (Å²) in [5, 5.41) is 3.38. The summed E-state index contributed by atoms with van der Waals surface area (Å²) in [4.78, 5) is 11.6. The number of rotatable bonds is 8. The molecule has 0 amide bonds. The van der Waals surface area contributed by atoms with Crippen LogP contribution in [0.2, 0.25) is 0 Å². The fourth-order valence-corrected chi connectivity index (χ4v) is 2.09. The van der Waals surface area contributed by atoms with Crippen molar-refractivity contribution in [3.63, 3.8) is 0 Å². The Bertz CT molecular complexity index is 401. The van der Waals surface area contributed by atoms with Crippen molar-refractivity contribution in [1.82, 2.24) is 9.97 Å². The quantitative estimate of drug-likeness (QED) is 0.786. The van der Waals surface area contributed by atoms with Crippen molar-refractivity contribution in [2.24, 2.45) is 5.92 Å². The summed E-state index contributed by atoms with van der Waals surface area (Å²) in [5.41, 5.74) is 0. The SMILES string of the molecule is CCCNc1cc(N(CC(C)C)C(C)C)nc(CC)n1. The molecule has 0 atom stereocenters. The first-order chi connectivity index (χ1) is 9.47. The number of aromatic nitrogens is 2. The molecular formula is C16H30N4. The van der Waals surface area contributed by atoms with Crippen molar-refractivity contribution < 1.29 is 0 Å². The van der Waals surface area contributed by atoms with Crippen LogP contribution < -0.4 is 10.2 Å². The molecule has 0 fully saturated rings. The predicted octanol–water partition coefficient (Wildman–Crippen LogP) is 3.73. The Balaban J connectivity index is 3.05. The van der Waals surface area contributed by atoms with Crippen LogP contribution in [0.15, 0.2) is 6.07 Å². The first-order valence-electron chi connectivity index (χ1n) is 7.86. The zero-order valence-electron chi connectivity index (χ0n) is 13.9. The van der Waals surface area contributed by atoms with Gasteiger partial charge in [0.1, 0.15) is 17.5 Å². The third-order valence-corrected chi connectivity index (χ3v) is 3.11. The Labute approximate surface area is 124 Å². The highest BCUT2D eigenvalue weighted by molar-refractivity contribution is 5.50. The molecule has 0 radical (unpaired) electrons. The van der Waals surface area contributed by atoms with E-state index in [0.29, 0.717) is 12.0 Å². The lowest BCUT2D eigenvalue weighted by Gasteiger charge is -2.30. The summed E-state index contributed by atoms with van der Waals surface area (Å²) in [5.74, 6) is 3.52. The van der Waals surface area contributed by atoms with E-state index in [9.17, 15) is 0 Å². The van der Waals surface area contributed by atoms with Gasteiger partial charge in [-0.1, -0.05) is 27.7 Å². The Morgan fingerprint density at radius 3 is 2.35 bits per heavy atom. The summed E-state index contributed by atoms with van der Waals surface area (Å²) < 4.78 is 0. The summed E-state index contributed by atoms with van der Waals surface area (Å²) in [6.07, 6.45) is 1.96. The van der Waals surface area contributed by atoms with Crippen LogP contribution in [0.3, 0.4) is 0 Å². The summed E-state index contributed by atoms with van der Waals surface area (Å²) in [6.45, 7) is 15.2. The van der Waals surface area contributed by atoms with E-state index >= 15 is 0 Å². The molecule has 0 spiro atoms. The van der Waals surface area contributed by atoms with E-state index < -0.39 is 0 Å². The van der Waals surface area contributed by atoms with Gasteiger partial charge in [0, 0.05) is 31.6 Å². The van der Waals surface area contributed by atoms with Crippen LogP contribution in [0.5, 0.6) is 0 Å². The largest absolute Gasteiger partial charge is 0.370 e. The van der Waals surface area contributed by atoms with Crippen molar-refractivity contribution in [1.29, 1.82) is 0 Å². The molecule has 1 N–H and O–H groups in total. The van der Waals surface area contributed by atoms with Crippen LogP contribution in [0.4, 0.5) is 11.6 Å². The molecule has 0 bridgehead atoms. The molecule has 0 aromatic carbocycles. The van der Waals surface area contributed by atoms with Gasteiger partial charge in [-0.15, -0.1) is 0 Å². The van der Waals surface area contributed by atoms with Crippen LogP contribution in [0.1, 0.15) is 53.8 Å². The smallest absolute Gasteiger partial charge is 0.134 e. The fraction of sp³-hybridized carbons (Fsp3) is 0.750. The Hall–Kier alpha value is -1.32. The number of aryl methyl sites for hydroxylation is 1. The van der Waals surface area contributed by atoms with Gasteiger partial charge in [0.25, 0.3) is 0 Å². The molecule has 20 heavy (non-hydrogen) atoms. The second-order valence-corrected chi connectivity index (χ2v) is 5.95. The minimum atomic E-state index is 0.441. The molecule has 4 nitrogen and oxygen atoms in total. The van der Waals surface area contributed by atoms with Gasteiger partial charge in [-0.05, 0) is 26.2 Å². The van der Waals surface area contributed by atoms with Gasteiger partial charge in [-0.3, -0.25) is 0 Å². The van der Waals surface area contributed by atoms with Crippen LogP contribution in [-0.4, -0.2) is 29.1 Å². The molecule has 0 saturated heterocycles. The normalized spacial score (nSPS) is 11.2. The standard InChI is InChI=1S/C16H30N4/c1-7-9-17-15-10-16(19-14(8-2)18-15)20(13(5)6)11-12(3)4/h10,12-13H,7-9,11H2,1-6H3,(H,17,18,19). The van der Waals surface area contributed by atoms with Crippen molar-refractivity contribution in [3.8, 4) is 0 Å². The van der Waals surface area contributed by atoms with Gasteiger partial charge in [0.2, 0.25) is 0 Å². The number of hydrogen-bond acceptors (Lipinski definition) is 4. The van der Waals surface area contributed by atoms with Crippen molar-refractivity contribution in [2.45, 2.75) is 60.4 Å². The number of hydrogen-bond donors (Lipinski definition) is 1. The van der Waals surface area contributed by atoms with Gasteiger partial charge >= 0.3 is 0 Å². The van der Waals surface area contributed by atoms with E-state index in [1.54, 1.807) is 0 Å². The van der Waals surface area contributed by atoms with E-state index in [1.165, 1.54) is 0 Å². The molecule has 0 unspecified atom stereocenters. The highest BCUT2D eigenvalue weighted by Gasteiger charge is 2.15. The Kier molecular flexibility index (Phi) is 6.76. The summed E-state index contributed by atoms with van der Waals surface area (Å²) in [7, 11) is 0. The number of nitrogens with one attached hydrogen (secondary N) is 1. The Morgan fingerprint density at radius 2 is 1.85 bits per heavy atom. The van der Waals surface area contributed by atoms with E-state index in [1.807, 2.05) is 0 Å². The second-order valence-electron chi connectivity index (χ2n) is 5.95. The minimum Gasteiger partial charge on any atom is -0.370 e. The molecule has 114 valence electrons. The lowest BCUT2D eigenvalue weighted by atomic mass is 10.2.